The van der Waals surface area contributed by atoms with E-state index in [1.54, 1.807) is 12.1 Å². The van der Waals surface area contributed by atoms with Gasteiger partial charge in [-0.05, 0) is 43.4 Å². The maximum atomic E-state index is 15.5. The Morgan fingerprint density at radius 2 is 1.95 bits per heavy atom. The van der Waals surface area contributed by atoms with Crippen molar-refractivity contribution < 1.29 is 31.3 Å². The second-order valence-corrected chi connectivity index (χ2v) is 12.1. The number of thioether (sulfide) groups is 1. The highest BCUT2D eigenvalue weighted by atomic mass is 32.2. The molecule has 2 N–H and O–H groups in total. The summed E-state index contributed by atoms with van der Waals surface area (Å²) in [6.45, 7) is 3.00. The molecule has 4 aromatic rings. The summed E-state index contributed by atoms with van der Waals surface area (Å²) in [5.41, 5.74) is -3.58. The first-order valence-electron chi connectivity index (χ1n) is 14.0. The maximum Gasteiger partial charge on any atom is 0.447 e. The average Bonchev–Trinajstić information content (AvgIpc) is 3.72. The minimum atomic E-state index is -4.60. The fourth-order valence-corrected chi connectivity index (χ4v) is 6.77. The highest BCUT2D eigenvalue weighted by Crippen LogP contribution is 2.44. The minimum Gasteiger partial charge on any atom is -0.418 e. The number of pyridine rings is 1. The molecule has 1 amide bonds. The zero-order chi connectivity index (χ0) is 29.7. The average molecular weight is 621 g/mol. The number of amides is 1. The number of hydrogen-bond acceptors (Lipinski definition) is 10. The lowest BCUT2D eigenvalue weighted by molar-refractivity contribution is -0.0329. The van der Waals surface area contributed by atoms with Gasteiger partial charge in [-0.25, -0.2) is 9.37 Å². The molecule has 1 unspecified atom stereocenters. The van der Waals surface area contributed by atoms with Crippen LogP contribution in [0.1, 0.15) is 35.7 Å². The van der Waals surface area contributed by atoms with Crippen LogP contribution in [0.25, 0.3) is 16.9 Å². The summed E-state index contributed by atoms with van der Waals surface area (Å²) in [6, 6.07) is 4.73. The van der Waals surface area contributed by atoms with E-state index < -0.39 is 23.6 Å². The molecule has 10 bridgehead atoms. The minimum absolute atomic E-state index is 0.00727. The lowest BCUT2D eigenvalue weighted by atomic mass is 9.94. The van der Waals surface area contributed by atoms with Gasteiger partial charge in [-0.3, -0.25) is 4.79 Å². The third kappa shape index (κ3) is 5.77. The maximum absolute atomic E-state index is 15.5. The zero-order valence-corrected chi connectivity index (χ0v) is 23.6. The summed E-state index contributed by atoms with van der Waals surface area (Å²) in [6.07, 6.45) is 4.01. The molecule has 43 heavy (non-hydrogen) atoms. The van der Waals surface area contributed by atoms with Gasteiger partial charge in [-0.2, -0.15) is 18.2 Å². The van der Waals surface area contributed by atoms with Gasteiger partial charge < -0.3 is 33.8 Å². The Morgan fingerprint density at radius 1 is 1.12 bits per heavy atom. The molecular formula is C27H28F4N8O3S. The Kier molecular flexibility index (Phi) is 7.19. The lowest BCUT2D eigenvalue weighted by Gasteiger charge is -2.39. The Morgan fingerprint density at radius 3 is 2.74 bits per heavy atom. The first-order chi connectivity index (χ1) is 20.7. The SMILES string of the molecule is O=C1NCc2nc(no2)-c2cc3c(cccn3c2SC(F)(F)F)N[C@@H]2CCN(CC3CCN(CC3)c3ncc1o3)C[C@@H]2F. The predicted octanol–water partition coefficient (Wildman–Crippen LogP) is 4.57. The largest absolute Gasteiger partial charge is 0.447 e. The molecule has 11 nitrogen and oxygen atoms in total. The summed E-state index contributed by atoms with van der Waals surface area (Å²) in [4.78, 5) is 25.4. The Balaban J connectivity index is 1.24. The van der Waals surface area contributed by atoms with Crippen molar-refractivity contribution in [2.24, 2.45) is 5.92 Å². The van der Waals surface area contributed by atoms with Crippen LogP contribution in [0.4, 0.5) is 29.3 Å². The third-order valence-corrected chi connectivity index (χ3v) is 9.01. The lowest BCUT2D eigenvalue weighted by Crippen LogP contribution is -2.50. The highest BCUT2D eigenvalue weighted by molar-refractivity contribution is 8.00. The number of rotatable bonds is 1. The van der Waals surface area contributed by atoms with Gasteiger partial charge in [0.25, 0.3) is 11.9 Å². The molecule has 0 spiro atoms. The van der Waals surface area contributed by atoms with Crippen molar-refractivity contribution in [2.75, 3.05) is 42.9 Å². The number of nitrogens with zero attached hydrogens (tertiary/aromatic N) is 6. The molecular weight excluding hydrogens is 592 g/mol. The molecule has 0 saturated carbocycles. The molecule has 228 valence electrons. The Labute approximate surface area is 247 Å². The first-order valence-corrected chi connectivity index (χ1v) is 14.9. The molecule has 2 fully saturated rings. The van der Waals surface area contributed by atoms with Gasteiger partial charge in [0.2, 0.25) is 17.5 Å². The topological polar surface area (TPSA) is 117 Å². The number of fused-ring (bicyclic) bond motifs is 2. The number of hydrogen-bond donors (Lipinski definition) is 2. The zero-order valence-electron chi connectivity index (χ0n) is 22.8. The normalized spacial score (nSPS) is 24.8. The van der Waals surface area contributed by atoms with Gasteiger partial charge in [0, 0.05) is 50.7 Å². The Bertz CT molecular complexity index is 1630. The summed E-state index contributed by atoms with van der Waals surface area (Å²) in [5.74, 6) is -0.230. The van der Waals surface area contributed by atoms with Gasteiger partial charge >= 0.3 is 5.51 Å². The van der Waals surface area contributed by atoms with Crippen LogP contribution in [0, 0.1) is 5.92 Å². The van der Waals surface area contributed by atoms with Crippen LogP contribution >= 0.6 is 11.8 Å². The monoisotopic (exact) mass is 620 g/mol. The molecule has 9 rings (SSSR count). The molecule has 16 heteroatoms. The van der Waals surface area contributed by atoms with E-state index in [9.17, 15) is 18.0 Å². The fourth-order valence-electron chi connectivity index (χ4n) is 6.03. The van der Waals surface area contributed by atoms with Crippen LogP contribution in [0.3, 0.4) is 0 Å². The van der Waals surface area contributed by atoms with Crippen molar-refractivity contribution in [1.82, 2.24) is 29.7 Å². The molecule has 2 saturated heterocycles. The number of carbonyl (C=O) groups is 1. The van der Waals surface area contributed by atoms with Crippen LogP contribution < -0.4 is 15.5 Å². The molecule has 0 aromatic carbocycles. The molecule has 3 atom stereocenters. The van der Waals surface area contributed by atoms with E-state index in [1.807, 2.05) is 4.90 Å². The Hall–Kier alpha value is -3.79. The van der Waals surface area contributed by atoms with Crippen molar-refractivity contribution in [2.45, 2.75) is 48.6 Å². The predicted molar refractivity (Wildman–Crippen MR) is 149 cm³/mol. The number of alkyl halides is 4. The van der Waals surface area contributed by atoms with E-state index in [0.717, 1.165) is 19.4 Å². The van der Waals surface area contributed by atoms with Gasteiger partial charge in [0.05, 0.1) is 40.6 Å². The van der Waals surface area contributed by atoms with Crippen molar-refractivity contribution in [3.05, 3.63) is 42.2 Å². The van der Waals surface area contributed by atoms with Gasteiger partial charge in [-0.15, -0.1) is 0 Å². The summed E-state index contributed by atoms with van der Waals surface area (Å²) in [5, 5.41) is 9.62. The summed E-state index contributed by atoms with van der Waals surface area (Å²) < 4.78 is 68.9. The van der Waals surface area contributed by atoms with Crippen LogP contribution in [0.2, 0.25) is 0 Å². The number of carbonyl (C=O) groups excluding carboxylic acids is 1. The second kappa shape index (κ2) is 11.0. The van der Waals surface area contributed by atoms with E-state index in [4.69, 9.17) is 8.94 Å². The molecule has 0 aliphatic carbocycles. The second-order valence-electron chi connectivity index (χ2n) is 11.0. The van der Waals surface area contributed by atoms with Crippen molar-refractivity contribution in [1.29, 1.82) is 0 Å². The molecule has 5 aliphatic heterocycles. The van der Waals surface area contributed by atoms with Crippen LogP contribution in [0.15, 0.2) is 44.6 Å². The summed E-state index contributed by atoms with van der Waals surface area (Å²) >= 11 is -0.300. The van der Waals surface area contributed by atoms with Gasteiger partial charge in [0.1, 0.15) is 6.17 Å². The van der Waals surface area contributed by atoms with E-state index in [0.29, 0.717) is 49.2 Å². The quantitative estimate of drug-likeness (QED) is 0.232. The van der Waals surface area contributed by atoms with Crippen LogP contribution in [-0.2, 0) is 6.54 Å². The molecule has 9 heterocycles. The van der Waals surface area contributed by atoms with Crippen molar-refractivity contribution >= 4 is 34.9 Å². The number of oxazole rings is 1. The highest BCUT2D eigenvalue weighted by Gasteiger charge is 2.35. The molecule has 0 radical (unpaired) electrons. The number of aromatic nitrogens is 4. The van der Waals surface area contributed by atoms with E-state index in [-0.39, 0.29) is 52.9 Å². The first kappa shape index (κ1) is 28.0. The van der Waals surface area contributed by atoms with Gasteiger partial charge in [-0.1, -0.05) is 5.16 Å². The van der Waals surface area contributed by atoms with E-state index in [1.165, 1.54) is 22.9 Å². The molecule has 4 aromatic heterocycles. The van der Waals surface area contributed by atoms with Crippen LogP contribution in [-0.4, -0.2) is 80.8 Å². The third-order valence-electron chi connectivity index (χ3n) is 8.17. The number of nitrogens with one attached hydrogen (secondary N) is 2. The van der Waals surface area contributed by atoms with E-state index >= 15 is 4.39 Å². The van der Waals surface area contributed by atoms with E-state index in [2.05, 4.69) is 30.7 Å². The molecule has 5 aliphatic rings. The van der Waals surface area contributed by atoms with Crippen molar-refractivity contribution in [3.8, 4) is 11.4 Å². The summed E-state index contributed by atoms with van der Waals surface area (Å²) in [7, 11) is 0. The van der Waals surface area contributed by atoms with Crippen LogP contribution in [0.5, 0.6) is 0 Å². The van der Waals surface area contributed by atoms with Crippen molar-refractivity contribution in [3.63, 3.8) is 0 Å². The fraction of sp³-hybridized carbons (Fsp3) is 0.481. The smallest absolute Gasteiger partial charge is 0.418 e. The van der Waals surface area contributed by atoms with Gasteiger partial charge in [0.15, 0.2) is 0 Å². The number of anilines is 2. The number of piperidine rings is 2. The standard InChI is InChI=1S/C27H28F4N8O3S/c28-17-14-37-7-5-18(17)34-19-2-1-6-39-20(19)10-16(25(39)43-27(29,30)31)23-35-22(42-36-23)12-32-24(40)21-11-33-26(41-21)38-8-3-15(13-37)4-9-38/h1-2,6,10-11,15,17-18,34H,3-5,7-9,12-14H2,(H,32,40)/t17-,18+/m0/s1. The number of halogens is 4.